The summed E-state index contributed by atoms with van der Waals surface area (Å²) >= 11 is 0. The van der Waals surface area contributed by atoms with Crippen molar-refractivity contribution in [1.29, 1.82) is 0 Å². The molecule has 3 rings (SSSR count). The van der Waals surface area contributed by atoms with Crippen molar-refractivity contribution < 1.29 is 4.74 Å². The van der Waals surface area contributed by atoms with Gasteiger partial charge in [0.2, 0.25) is 0 Å². The third-order valence-corrected chi connectivity index (χ3v) is 4.92. The number of hydrogen-bond acceptors (Lipinski definition) is 2. The first-order valence-corrected chi connectivity index (χ1v) is 7.66. The second kappa shape index (κ2) is 5.16. The normalized spacial score (nSPS) is 34.5. The molecule has 2 N–H and O–H groups in total. The fourth-order valence-electron chi connectivity index (χ4n) is 3.60. The molecule has 1 heterocycles. The third-order valence-electron chi connectivity index (χ3n) is 4.92. The molecule has 1 fully saturated rings. The van der Waals surface area contributed by atoms with Crippen molar-refractivity contribution in [3.05, 3.63) is 29.3 Å². The molecule has 2 atom stereocenters. The summed E-state index contributed by atoms with van der Waals surface area (Å²) in [6, 6.07) is 6.55. The van der Waals surface area contributed by atoms with Crippen LogP contribution in [0, 0.1) is 18.8 Å². The average molecular weight is 259 g/mol. The van der Waals surface area contributed by atoms with Crippen LogP contribution in [0.25, 0.3) is 0 Å². The summed E-state index contributed by atoms with van der Waals surface area (Å²) < 4.78 is 6.25. The maximum absolute atomic E-state index is 6.36. The van der Waals surface area contributed by atoms with Gasteiger partial charge in [0.05, 0.1) is 0 Å². The van der Waals surface area contributed by atoms with Gasteiger partial charge in [0, 0.05) is 18.0 Å². The topological polar surface area (TPSA) is 35.2 Å². The van der Waals surface area contributed by atoms with E-state index in [0.717, 1.165) is 18.1 Å². The van der Waals surface area contributed by atoms with Crippen LogP contribution in [0.1, 0.15) is 56.2 Å². The van der Waals surface area contributed by atoms with Gasteiger partial charge in [0.15, 0.2) is 0 Å². The highest BCUT2D eigenvalue weighted by Gasteiger charge is 2.33. The number of hydrogen-bond donors (Lipinski definition) is 1. The molecular weight excluding hydrogens is 234 g/mol. The molecule has 1 saturated carbocycles. The van der Waals surface area contributed by atoms with Crippen LogP contribution >= 0.6 is 0 Å². The lowest BCUT2D eigenvalue weighted by atomic mass is 9.77. The summed E-state index contributed by atoms with van der Waals surface area (Å²) in [7, 11) is 0. The van der Waals surface area contributed by atoms with Gasteiger partial charge in [-0.05, 0) is 37.7 Å². The minimum absolute atomic E-state index is 0.146. The maximum Gasteiger partial charge on any atom is 0.124 e. The monoisotopic (exact) mass is 259 g/mol. The van der Waals surface area contributed by atoms with Crippen molar-refractivity contribution in [2.24, 2.45) is 17.6 Å². The zero-order chi connectivity index (χ0) is 13.4. The van der Waals surface area contributed by atoms with E-state index in [2.05, 4.69) is 32.0 Å². The predicted molar refractivity (Wildman–Crippen MR) is 78.3 cm³/mol. The van der Waals surface area contributed by atoms with E-state index in [4.69, 9.17) is 10.5 Å². The molecule has 1 aliphatic carbocycles. The first kappa shape index (κ1) is 13.0. The van der Waals surface area contributed by atoms with E-state index >= 15 is 0 Å². The number of fused-ring (bicyclic) bond motifs is 1. The molecule has 0 bridgehead atoms. The van der Waals surface area contributed by atoms with Crippen molar-refractivity contribution in [1.82, 2.24) is 0 Å². The lowest BCUT2D eigenvalue weighted by molar-refractivity contribution is 0.0703. The fraction of sp³-hybridized carbons (Fsp3) is 0.647. The van der Waals surface area contributed by atoms with E-state index in [-0.39, 0.29) is 6.04 Å². The van der Waals surface area contributed by atoms with Gasteiger partial charge in [-0.1, -0.05) is 37.5 Å². The molecule has 0 spiro atoms. The van der Waals surface area contributed by atoms with Crippen LogP contribution < -0.4 is 10.5 Å². The Balaban J connectivity index is 1.75. The van der Waals surface area contributed by atoms with Gasteiger partial charge in [-0.15, -0.1) is 0 Å². The first-order valence-electron chi connectivity index (χ1n) is 7.66. The smallest absolute Gasteiger partial charge is 0.124 e. The Morgan fingerprint density at radius 2 is 1.89 bits per heavy atom. The lowest BCUT2D eigenvalue weighted by Gasteiger charge is -2.38. The molecule has 0 radical (unpaired) electrons. The van der Waals surface area contributed by atoms with E-state index in [1.807, 2.05) is 0 Å². The zero-order valence-corrected chi connectivity index (χ0v) is 12.1. The van der Waals surface area contributed by atoms with Crippen LogP contribution in [0.2, 0.25) is 0 Å². The number of ether oxygens (including phenoxy) is 1. The van der Waals surface area contributed by atoms with Crippen molar-refractivity contribution in [2.75, 3.05) is 0 Å². The first-order chi connectivity index (χ1) is 9.13. The summed E-state index contributed by atoms with van der Waals surface area (Å²) in [5, 5.41) is 0. The van der Waals surface area contributed by atoms with Gasteiger partial charge >= 0.3 is 0 Å². The van der Waals surface area contributed by atoms with Crippen LogP contribution in [-0.4, -0.2) is 6.10 Å². The summed E-state index contributed by atoms with van der Waals surface area (Å²) in [5.74, 6) is 2.62. The van der Waals surface area contributed by atoms with Gasteiger partial charge in [-0.25, -0.2) is 0 Å². The number of aryl methyl sites for hydroxylation is 1. The lowest BCUT2D eigenvalue weighted by Crippen LogP contribution is -2.36. The summed E-state index contributed by atoms with van der Waals surface area (Å²) in [6.45, 7) is 4.48. The standard InChI is InChI=1S/C17H25NO/c1-11-3-6-13(7-4-11)17-10-15(18)14-9-12(2)5-8-16(14)19-17/h5,8-9,11,13,15,17H,3-4,6-7,10,18H2,1-2H3/t11?,13?,15-,17?/m0/s1. The highest BCUT2D eigenvalue weighted by atomic mass is 16.5. The Morgan fingerprint density at radius 3 is 2.63 bits per heavy atom. The van der Waals surface area contributed by atoms with Gasteiger partial charge in [-0.3, -0.25) is 0 Å². The minimum Gasteiger partial charge on any atom is -0.490 e. The molecule has 0 aromatic heterocycles. The summed E-state index contributed by atoms with van der Waals surface area (Å²) in [6.07, 6.45) is 6.62. The number of nitrogens with two attached hydrogens (primary N) is 1. The SMILES string of the molecule is Cc1ccc2c(c1)[C@@H](N)CC(C1CCC(C)CC1)O2. The minimum atomic E-state index is 0.146. The zero-order valence-electron chi connectivity index (χ0n) is 12.1. The Labute approximate surface area is 116 Å². The van der Waals surface area contributed by atoms with Crippen molar-refractivity contribution in [3.63, 3.8) is 0 Å². The predicted octanol–water partition coefficient (Wildman–Crippen LogP) is 3.97. The maximum atomic E-state index is 6.36. The Kier molecular flexibility index (Phi) is 3.53. The largest absolute Gasteiger partial charge is 0.490 e. The fourth-order valence-corrected chi connectivity index (χ4v) is 3.60. The van der Waals surface area contributed by atoms with Gasteiger partial charge < -0.3 is 10.5 Å². The van der Waals surface area contributed by atoms with Crippen LogP contribution in [-0.2, 0) is 0 Å². The van der Waals surface area contributed by atoms with Crippen molar-refractivity contribution >= 4 is 0 Å². The summed E-state index contributed by atoms with van der Waals surface area (Å²) in [5.41, 5.74) is 8.82. The van der Waals surface area contributed by atoms with Gasteiger partial charge in [-0.2, -0.15) is 0 Å². The van der Waals surface area contributed by atoms with E-state index in [0.29, 0.717) is 12.0 Å². The van der Waals surface area contributed by atoms with E-state index in [1.54, 1.807) is 0 Å². The Hall–Kier alpha value is -1.02. The molecular formula is C17H25NO. The van der Waals surface area contributed by atoms with E-state index in [1.165, 1.54) is 36.8 Å². The number of benzene rings is 1. The third kappa shape index (κ3) is 2.64. The molecule has 1 aliphatic heterocycles. The van der Waals surface area contributed by atoms with Crippen LogP contribution in [0.3, 0.4) is 0 Å². The molecule has 1 aromatic rings. The van der Waals surface area contributed by atoms with Crippen LogP contribution in [0.15, 0.2) is 18.2 Å². The molecule has 2 aliphatic rings. The molecule has 1 aromatic carbocycles. The molecule has 0 saturated heterocycles. The summed E-state index contributed by atoms with van der Waals surface area (Å²) in [4.78, 5) is 0. The highest BCUT2D eigenvalue weighted by Crippen LogP contribution is 2.40. The molecule has 2 heteroatoms. The second-order valence-corrected chi connectivity index (χ2v) is 6.56. The molecule has 0 amide bonds. The van der Waals surface area contributed by atoms with Gasteiger partial charge in [0.25, 0.3) is 0 Å². The molecule has 104 valence electrons. The quantitative estimate of drug-likeness (QED) is 0.828. The number of rotatable bonds is 1. The average Bonchev–Trinajstić information content (AvgIpc) is 2.40. The molecule has 2 nitrogen and oxygen atoms in total. The van der Waals surface area contributed by atoms with E-state index < -0.39 is 0 Å². The second-order valence-electron chi connectivity index (χ2n) is 6.56. The van der Waals surface area contributed by atoms with Crippen molar-refractivity contribution in [2.45, 2.75) is 58.1 Å². The highest BCUT2D eigenvalue weighted by molar-refractivity contribution is 5.40. The molecule has 1 unspecified atom stereocenters. The molecule has 19 heavy (non-hydrogen) atoms. The Morgan fingerprint density at radius 1 is 1.16 bits per heavy atom. The van der Waals surface area contributed by atoms with Crippen molar-refractivity contribution in [3.8, 4) is 5.75 Å². The van der Waals surface area contributed by atoms with Gasteiger partial charge in [0.1, 0.15) is 11.9 Å². The Bertz CT molecular complexity index is 449. The van der Waals surface area contributed by atoms with E-state index in [9.17, 15) is 0 Å². The van der Waals surface area contributed by atoms with Crippen LogP contribution in [0.4, 0.5) is 0 Å². The van der Waals surface area contributed by atoms with Crippen LogP contribution in [0.5, 0.6) is 5.75 Å².